The van der Waals surface area contributed by atoms with E-state index in [2.05, 4.69) is 5.32 Å². The number of carbonyl (C=O) groups is 1. The highest BCUT2D eigenvalue weighted by atomic mass is 32.1. The molecule has 3 aromatic rings. The highest BCUT2D eigenvalue weighted by Crippen LogP contribution is 2.11. The van der Waals surface area contributed by atoms with E-state index in [1.807, 2.05) is 76.2 Å². The number of para-hydroxylation sites is 1. The molecule has 0 fully saturated rings. The summed E-state index contributed by atoms with van der Waals surface area (Å²) in [7, 11) is 0. The van der Waals surface area contributed by atoms with Crippen LogP contribution in [0.25, 0.3) is 17.3 Å². The first-order valence-electron chi connectivity index (χ1n) is 9.63. The number of nitriles is 1. The number of amides is 1. The second-order valence-corrected chi connectivity index (χ2v) is 8.40. The number of nitrogens with zero attached hydrogens (tertiary/aromatic N) is 2. The predicted octanol–water partition coefficient (Wildman–Crippen LogP) is 2.54. The van der Waals surface area contributed by atoms with Gasteiger partial charge in [-0.25, -0.2) is 0 Å². The smallest absolute Gasteiger partial charge is 0.273 e. The van der Waals surface area contributed by atoms with Gasteiger partial charge in [-0.2, -0.15) is 5.26 Å². The van der Waals surface area contributed by atoms with Crippen molar-refractivity contribution >= 4 is 28.9 Å². The summed E-state index contributed by atoms with van der Waals surface area (Å²) in [4.78, 5) is 26.0. The van der Waals surface area contributed by atoms with Crippen molar-refractivity contribution in [2.75, 3.05) is 0 Å². The van der Waals surface area contributed by atoms with Gasteiger partial charge in [0.25, 0.3) is 11.5 Å². The lowest BCUT2D eigenvalue weighted by molar-refractivity contribution is -0.116. The molecule has 1 N–H and O–H groups in total. The van der Waals surface area contributed by atoms with Crippen LogP contribution < -0.4 is 20.1 Å². The van der Waals surface area contributed by atoms with Gasteiger partial charge in [0.2, 0.25) is 0 Å². The fourth-order valence-corrected chi connectivity index (χ4v) is 4.14. The molecule has 0 spiro atoms. The molecule has 5 nitrogen and oxygen atoms in total. The Bertz CT molecular complexity index is 1310. The maximum absolute atomic E-state index is 13.3. The molecule has 0 atom stereocenters. The van der Waals surface area contributed by atoms with E-state index in [9.17, 15) is 14.9 Å². The number of hydrogen-bond acceptors (Lipinski definition) is 4. The minimum Gasteiger partial charge on any atom is -0.349 e. The summed E-state index contributed by atoms with van der Waals surface area (Å²) in [5.74, 6) is -0.489. The molecule has 0 unspecified atom stereocenters. The first-order chi connectivity index (χ1) is 14.3. The summed E-state index contributed by atoms with van der Waals surface area (Å²) in [5.41, 5.74) is 3.35. The summed E-state index contributed by atoms with van der Waals surface area (Å²) < 4.78 is 2.23. The van der Waals surface area contributed by atoms with E-state index in [0.717, 1.165) is 28.0 Å². The first-order valence-corrected chi connectivity index (χ1v) is 10.4. The Labute approximate surface area is 179 Å². The van der Waals surface area contributed by atoms with E-state index in [4.69, 9.17) is 0 Å². The second-order valence-electron chi connectivity index (χ2n) is 7.37. The van der Waals surface area contributed by atoms with Crippen LogP contribution in [0.3, 0.4) is 0 Å². The number of thiazole rings is 1. The first kappa shape index (κ1) is 21.3. The molecule has 6 heteroatoms. The van der Waals surface area contributed by atoms with Crippen LogP contribution >= 0.6 is 11.3 Å². The Hall–Kier alpha value is -3.43. The fourth-order valence-electron chi connectivity index (χ4n) is 3.05. The third kappa shape index (κ3) is 4.42. The number of nitrogens with one attached hydrogen (secondary N) is 1. The monoisotopic (exact) mass is 417 g/mol. The normalized spacial score (nSPS) is 12.6. The van der Waals surface area contributed by atoms with Crippen molar-refractivity contribution in [1.29, 1.82) is 5.26 Å². The number of hydrogen-bond donors (Lipinski definition) is 1. The van der Waals surface area contributed by atoms with Crippen LogP contribution in [0, 0.1) is 25.2 Å². The van der Waals surface area contributed by atoms with Crippen LogP contribution in [-0.2, 0) is 4.79 Å². The number of benzene rings is 2. The quantitative estimate of drug-likeness (QED) is 0.709. The van der Waals surface area contributed by atoms with E-state index in [0.29, 0.717) is 14.9 Å². The van der Waals surface area contributed by atoms with Gasteiger partial charge >= 0.3 is 0 Å². The number of carbonyl (C=O) groups excluding carboxylic acids is 1. The zero-order valence-electron chi connectivity index (χ0n) is 17.4. The van der Waals surface area contributed by atoms with Crippen LogP contribution in [-0.4, -0.2) is 16.5 Å². The zero-order chi connectivity index (χ0) is 21.8. The lowest BCUT2D eigenvalue weighted by Crippen LogP contribution is -2.36. The van der Waals surface area contributed by atoms with Crippen LogP contribution in [0.1, 0.15) is 30.5 Å². The molecule has 0 aliphatic rings. The lowest BCUT2D eigenvalue weighted by Gasteiger charge is -2.07. The average Bonchev–Trinajstić information content (AvgIpc) is 3.01. The molecule has 3 rings (SSSR count). The summed E-state index contributed by atoms with van der Waals surface area (Å²) >= 11 is 1.15. The molecule has 0 saturated heterocycles. The Morgan fingerprint density at radius 1 is 1.17 bits per heavy atom. The van der Waals surface area contributed by atoms with E-state index < -0.39 is 5.91 Å². The zero-order valence-corrected chi connectivity index (χ0v) is 18.2. The molecule has 0 aliphatic carbocycles. The van der Waals surface area contributed by atoms with Gasteiger partial charge in [-0.1, -0.05) is 42.0 Å². The fraction of sp³-hybridized carbons (Fsp3) is 0.208. The summed E-state index contributed by atoms with van der Waals surface area (Å²) in [6.07, 6.45) is 1.83. The van der Waals surface area contributed by atoms with Crippen LogP contribution in [0.15, 0.2) is 53.3 Å². The SMILES string of the molecule is Cc1ccc(C)c(/C=c2\s/c(=C(/C#N)C(=O)NC(C)C)n(-c3ccccc3)c2=O)c1. The maximum atomic E-state index is 13.3. The van der Waals surface area contributed by atoms with E-state index >= 15 is 0 Å². The largest absolute Gasteiger partial charge is 0.349 e. The van der Waals surface area contributed by atoms with Crippen molar-refractivity contribution in [1.82, 2.24) is 9.88 Å². The van der Waals surface area contributed by atoms with E-state index in [1.165, 1.54) is 4.57 Å². The van der Waals surface area contributed by atoms with Crippen LogP contribution in [0.2, 0.25) is 0 Å². The molecule has 152 valence electrons. The van der Waals surface area contributed by atoms with Crippen molar-refractivity contribution in [2.24, 2.45) is 0 Å². The van der Waals surface area contributed by atoms with Crippen LogP contribution in [0.4, 0.5) is 0 Å². The third-order valence-electron chi connectivity index (χ3n) is 4.53. The van der Waals surface area contributed by atoms with Gasteiger partial charge in [0, 0.05) is 6.04 Å². The predicted molar refractivity (Wildman–Crippen MR) is 121 cm³/mol. The topological polar surface area (TPSA) is 74.9 Å². The minimum atomic E-state index is -0.489. The van der Waals surface area contributed by atoms with Gasteiger partial charge < -0.3 is 5.32 Å². The minimum absolute atomic E-state index is 0.0738. The lowest BCUT2D eigenvalue weighted by atomic mass is 10.1. The van der Waals surface area contributed by atoms with Gasteiger partial charge in [-0.15, -0.1) is 11.3 Å². The maximum Gasteiger partial charge on any atom is 0.273 e. The van der Waals surface area contributed by atoms with Gasteiger partial charge in [0.15, 0.2) is 5.57 Å². The second kappa shape index (κ2) is 8.93. The van der Waals surface area contributed by atoms with Gasteiger partial charge in [0.1, 0.15) is 10.7 Å². The molecule has 0 aliphatic heterocycles. The molecule has 1 aromatic heterocycles. The molecule has 0 saturated carbocycles. The summed E-state index contributed by atoms with van der Waals surface area (Å²) in [5, 5.41) is 12.5. The van der Waals surface area contributed by atoms with Crippen molar-refractivity contribution < 1.29 is 4.79 Å². The summed E-state index contributed by atoms with van der Waals surface area (Å²) in [6.45, 7) is 7.63. The van der Waals surface area contributed by atoms with Crippen LogP contribution in [0.5, 0.6) is 0 Å². The Morgan fingerprint density at radius 3 is 2.50 bits per heavy atom. The third-order valence-corrected chi connectivity index (χ3v) is 5.62. The number of rotatable bonds is 4. The highest BCUT2D eigenvalue weighted by Gasteiger charge is 2.17. The van der Waals surface area contributed by atoms with Crippen molar-refractivity contribution in [3.8, 4) is 11.8 Å². The summed E-state index contributed by atoms with van der Waals surface area (Å²) in [6, 6.07) is 17.0. The highest BCUT2D eigenvalue weighted by molar-refractivity contribution is 7.07. The standard InChI is InChI=1S/C24H23N3O2S/c1-15(2)26-22(28)20(14-25)24-27(19-8-6-5-7-9-19)23(29)21(30-24)13-18-12-16(3)10-11-17(18)4/h5-13,15H,1-4H3,(H,26,28)/b21-13-,24-20-. The van der Waals surface area contributed by atoms with Crippen molar-refractivity contribution in [2.45, 2.75) is 33.7 Å². The van der Waals surface area contributed by atoms with E-state index in [1.54, 1.807) is 12.1 Å². The Morgan fingerprint density at radius 2 is 1.87 bits per heavy atom. The average molecular weight is 418 g/mol. The van der Waals surface area contributed by atoms with Gasteiger partial charge in [-0.3, -0.25) is 14.2 Å². The molecule has 2 aromatic carbocycles. The van der Waals surface area contributed by atoms with Gasteiger partial charge in [-0.05, 0) is 57.0 Å². The molecule has 30 heavy (non-hydrogen) atoms. The van der Waals surface area contributed by atoms with E-state index in [-0.39, 0.29) is 17.2 Å². The molecule has 1 amide bonds. The molecule has 1 heterocycles. The molecular formula is C24H23N3O2S. The van der Waals surface area contributed by atoms with Crippen molar-refractivity contribution in [3.05, 3.63) is 84.8 Å². The molecular weight excluding hydrogens is 394 g/mol. The van der Waals surface area contributed by atoms with Gasteiger partial charge in [0.05, 0.1) is 10.2 Å². The molecule has 0 radical (unpaired) electrons. The van der Waals surface area contributed by atoms with Crippen molar-refractivity contribution in [3.63, 3.8) is 0 Å². The Kier molecular flexibility index (Phi) is 6.34. The number of aryl methyl sites for hydroxylation is 2. The number of aromatic nitrogens is 1. The molecule has 0 bridgehead atoms. The Balaban J connectivity index is 2.39.